The van der Waals surface area contributed by atoms with Crippen molar-refractivity contribution < 1.29 is 9.50 Å². The highest BCUT2D eigenvalue weighted by Crippen LogP contribution is 2.32. The van der Waals surface area contributed by atoms with Crippen molar-refractivity contribution in [2.24, 2.45) is 0 Å². The monoisotopic (exact) mass is 330 g/mol. The molecule has 1 atom stereocenters. The minimum atomic E-state index is -0.681. The number of nitrogens with one attached hydrogen (secondary N) is 1. The Morgan fingerprint density at radius 2 is 2.21 bits per heavy atom. The van der Waals surface area contributed by atoms with E-state index in [9.17, 15) is 9.50 Å². The number of nitrogens with zero attached hydrogens (tertiary/aromatic N) is 1. The maximum atomic E-state index is 14.1. The molecule has 1 heterocycles. The zero-order valence-corrected chi connectivity index (χ0v) is 12.7. The fraction of sp³-hybridized carbons (Fsp3) is 0.571. The molecule has 0 aromatic heterocycles. The Morgan fingerprint density at radius 3 is 2.95 bits per heavy atom. The van der Waals surface area contributed by atoms with E-state index >= 15 is 0 Å². The molecule has 2 N–H and O–H groups in total. The summed E-state index contributed by atoms with van der Waals surface area (Å²) in [6.45, 7) is 5.31. The lowest BCUT2D eigenvalue weighted by Gasteiger charge is -2.40. The van der Waals surface area contributed by atoms with Gasteiger partial charge in [-0.1, -0.05) is 15.9 Å². The van der Waals surface area contributed by atoms with Gasteiger partial charge < -0.3 is 10.4 Å². The summed E-state index contributed by atoms with van der Waals surface area (Å²) in [6, 6.07) is 4.90. The van der Waals surface area contributed by atoms with Gasteiger partial charge in [0.05, 0.1) is 12.1 Å². The second-order valence-corrected chi connectivity index (χ2v) is 6.06. The maximum Gasteiger partial charge on any atom is 0.128 e. The Morgan fingerprint density at radius 1 is 1.42 bits per heavy atom. The molecule has 0 aliphatic carbocycles. The van der Waals surface area contributed by atoms with Crippen molar-refractivity contribution in [1.82, 2.24) is 10.2 Å². The van der Waals surface area contributed by atoms with Crippen molar-refractivity contribution >= 4 is 15.9 Å². The van der Waals surface area contributed by atoms with Gasteiger partial charge >= 0.3 is 0 Å². The van der Waals surface area contributed by atoms with Gasteiger partial charge in [0.2, 0.25) is 0 Å². The van der Waals surface area contributed by atoms with Crippen molar-refractivity contribution in [3.8, 4) is 0 Å². The SMILES string of the molecule is CC(CO)(c1cc(Br)ccc1F)N1CCCNCC1. The van der Waals surface area contributed by atoms with Crippen LogP contribution in [0.25, 0.3) is 0 Å². The number of hydrogen-bond donors (Lipinski definition) is 2. The molecule has 0 radical (unpaired) electrons. The molecule has 0 amide bonds. The highest BCUT2D eigenvalue weighted by atomic mass is 79.9. The Balaban J connectivity index is 2.37. The van der Waals surface area contributed by atoms with Crippen LogP contribution >= 0.6 is 15.9 Å². The largest absolute Gasteiger partial charge is 0.394 e. The van der Waals surface area contributed by atoms with Gasteiger partial charge in [-0.2, -0.15) is 0 Å². The maximum absolute atomic E-state index is 14.1. The van der Waals surface area contributed by atoms with E-state index in [2.05, 4.69) is 26.1 Å². The van der Waals surface area contributed by atoms with E-state index in [0.717, 1.165) is 37.1 Å². The number of halogens is 2. The van der Waals surface area contributed by atoms with E-state index in [1.165, 1.54) is 6.07 Å². The molecule has 1 fully saturated rings. The van der Waals surface area contributed by atoms with E-state index in [1.54, 1.807) is 12.1 Å². The van der Waals surface area contributed by atoms with Gasteiger partial charge in [0, 0.05) is 29.7 Å². The summed E-state index contributed by atoms with van der Waals surface area (Å²) in [5.41, 5.74) is -0.133. The summed E-state index contributed by atoms with van der Waals surface area (Å²) in [5, 5.41) is 13.2. The quantitative estimate of drug-likeness (QED) is 0.890. The molecule has 1 aromatic carbocycles. The third-order valence-corrected chi connectivity index (χ3v) is 4.35. The second-order valence-electron chi connectivity index (χ2n) is 5.15. The van der Waals surface area contributed by atoms with Crippen LogP contribution < -0.4 is 5.32 Å². The van der Waals surface area contributed by atoms with Crippen LogP contribution in [0.2, 0.25) is 0 Å². The van der Waals surface area contributed by atoms with E-state index in [4.69, 9.17) is 0 Å². The molecule has 2 rings (SSSR count). The Labute approximate surface area is 121 Å². The predicted octanol–water partition coefficient (Wildman–Crippen LogP) is 2.09. The van der Waals surface area contributed by atoms with Gasteiger partial charge in [0.15, 0.2) is 0 Å². The summed E-state index contributed by atoms with van der Waals surface area (Å²) in [5.74, 6) is -0.267. The molecule has 106 valence electrons. The third kappa shape index (κ3) is 3.16. The molecule has 0 spiro atoms. The summed E-state index contributed by atoms with van der Waals surface area (Å²) >= 11 is 3.38. The molecule has 1 aliphatic rings. The Hall–Kier alpha value is -0.490. The standard InChI is InChI=1S/C14H20BrFN2O/c1-14(10-19,18-7-2-5-17-6-8-18)12-9-11(15)3-4-13(12)16/h3-4,9,17,19H,2,5-8,10H2,1H3. The summed E-state index contributed by atoms with van der Waals surface area (Å²) in [7, 11) is 0. The molecule has 1 saturated heterocycles. The Bertz CT molecular complexity index is 435. The van der Waals surface area contributed by atoms with Gasteiger partial charge in [0.1, 0.15) is 5.82 Å². The molecule has 1 aliphatic heterocycles. The first kappa shape index (κ1) is 14.9. The van der Waals surface area contributed by atoms with E-state index < -0.39 is 5.54 Å². The number of rotatable bonds is 3. The molecule has 19 heavy (non-hydrogen) atoms. The molecule has 0 bridgehead atoms. The zero-order chi connectivity index (χ0) is 13.9. The fourth-order valence-corrected chi connectivity index (χ4v) is 2.97. The summed E-state index contributed by atoms with van der Waals surface area (Å²) in [6.07, 6.45) is 1.01. The first-order valence-electron chi connectivity index (χ1n) is 6.60. The lowest BCUT2D eigenvalue weighted by atomic mass is 9.90. The zero-order valence-electron chi connectivity index (χ0n) is 11.1. The molecule has 0 saturated carbocycles. The molecule has 1 aromatic rings. The highest BCUT2D eigenvalue weighted by Gasteiger charge is 2.35. The van der Waals surface area contributed by atoms with Crippen LogP contribution in [0.5, 0.6) is 0 Å². The lowest BCUT2D eigenvalue weighted by molar-refractivity contribution is 0.0424. The molecular weight excluding hydrogens is 311 g/mol. The second kappa shape index (κ2) is 6.31. The molecular formula is C14H20BrFN2O. The van der Waals surface area contributed by atoms with Crippen molar-refractivity contribution in [2.45, 2.75) is 18.9 Å². The Kier molecular flexibility index (Phi) is 4.95. The van der Waals surface area contributed by atoms with Crippen molar-refractivity contribution in [3.05, 3.63) is 34.1 Å². The number of benzene rings is 1. The van der Waals surface area contributed by atoms with Crippen LogP contribution in [0.4, 0.5) is 4.39 Å². The normalized spacial score (nSPS) is 20.8. The van der Waals surface area contributed by atoms with Crippen LogP contribution in [-0.4, -0.2) is 42.8 Å². The smallest absolute Gasteiger partial charge is 0.128 e. The van der Waals surface area contributed by atoms with Gasteiger partial charge in [-0.05, 0) is 38.1 Å². The van der Waals surface area contributed by atoms with Crippen molar-refractivity contribution in [2.75, 3.05) is 32.8 Å². The number of aliphatic hydroxyl groups excluding tert-OH is 1. The van der Waals surface area contributed by atoms with Crippen LogP contribution in [0, 0.1) is 5.82 Å². The average molecular weight is 331 g/mol. The molecule has 1 unspecified atom stereocenters. The van der Waals surface area contributed by atoms with E-state index in [1.807, 2.05) is 6.92 Å². The first-order valence-corrected chi connectivity index (χ1v) is 7.39. The minimum Gasteiger partial charge on any atom is -0.394 e. The third-order valence-electron chi connectivity index (χ3n) is 3.85. The van der Waals surface area contributed by atoms with Crippen LogP contribution in [0.3, 0.4) is 0 Å². The number of aliphatic hydroxyl groups is 1. The summed E-state index contributed by atoms with van der Waals surface area (Å²) in [4.78, 5) is 2.16. The fourth-order valence-electron chi connectivity index (χ4n) is 2.61. The topological polar surface area (TPSA) is 35.5 Å². The van der Waals surface area contributed by atoms with E-state index in [-0.39, 0.29) is 12.4 Å². The first-order chi connectivity index (χ1) is 9.08. The predicted molar refractivity (Wildman–Crippen MR) is 77.6 cm³/mol. The van der Waals surface area contributed by atoms with Gasteiger partial charge in [-0.15, -0.1) is 0 Å². The van der Waals surface area contributed by atoms with Gasteiger partial charge in [0.25, 0.3) is 0 Å². The molecule has 5 heteroatoms. The molecule has 3 nitrogen and oxygen atoms in total. The van der Waals surface area contributed by atoms with Gasteiger partial charge in [-0.3, -0.25) is 4.90 Å². The summed E-state index contributed by atoms with van der Waals surface area (Å²) < 4.78 is 15.0. The number of hydrogen-bond acceptors (Lipinski definition) is 3. The highest BCUT2D eigenvalue weighted by molar-refractivity contribution is 9.10. The van der Waals surface area contributed by atoms with E-state index in [0.29, 0.717) is 5.56 Å². The average Bonchev–Trinajstić information content (AvgIpc) is 2.70. The van der Waals surface area contributed by atoms with Crippen molar-refractivity contribution in [3.63, 3.8) is 0 Å². The van der Waals surface area contributed by atoms with Crippen LogP contribution in [-0.2, 0) is 5.54 Å². The van der Waals surface area contributed by atoms with Crippen molar-refractivity contribution in [1.29, 1.82) is 0 Å². The minimum absolute atomic E-state index is 0.0969. The van der Waals surface area contributed by atoms with Crippen LogP contribution in [0.15, 0.2) is 22.7 Å². The van der Waals surface area contributed by atoms with Crippen LogP contribution in [0.1, 0.15) is 18.9 Å². The lowest BCUT2D eigenvalue weighted by Crippen LogP contribution is -2.48. The van der Waals surface area contributed by atoms with Gasteiger partial charge in [-0.25, -0.2) is 4.39 Å².